The van der Waals surface area contributed by atoms with Gasteiger partial charge in [0.05, 0.1) is 11.4 Å². The highest BCUT2D eigenvalue weighted by Gasteiger charge is 2.35. The number of hydrogen-bond donors (Lipinski definition) is 1. The number of benzene rings is 2. The van der Waals surface area contributed by atoms with E-state index in [1.807, 2.05) is 37.3 Å². The van der Waals surface area contributed by atoms with E-state index in [1.54, 1.807) is 18.2 Å². The average molecular weight is 483 g/mol. The van der Waals surface area contributed by atoms with Gasteiger partial charge in [-0.05, 0) is 74.3 Å². The second kappa shape index (κ2) is 10.4. The van der Waals surface area contributed by atoms with E-state index in [4.69, 9.17) is 0 Å². The van der Waals surface area contributed by atoms with Crippen molar-refractivity contribution in [3.05, 3.63) is 65.2 Å². The lowest BCUT2D eigenvalue weighted by molar-refractivity contribution is -0.120. The molecule has 2 aromatic carbocycles. The van der Waals surface area contributed by atoms with Crippen molar-refractivity contribution in [3.8, 4) is 0 Å². The first-order valence-corrected chi connectivity index (χ1v) is 14.0. The van der Waals surface area contributed by atoms with E-state index < -0.39 is 9.84 Å². The number of carbonyl (C=O) groups is 2. The summed E-state index contributed by atoms with van der Waals surface area (Å²) in [6.07, 6.45) is 6.23. The van der Waals surface area contributed by atoms with Gasteiger partial charge < -0.3 is 5.32 Å². The maximum Gasteiger partial charge on any atom is 0.251 e. The lowest BCUT2D eigenvalue weighted by Gasteiger charge is -2.46. The van der Waals surface area contributed by atoms with Crippen molar-refractivity contribution < 1.29 is 18.0 Å². The van der Waals surface area contributed by atoms with Crippen LogP contribution >= 0.6 is 0 Å². The number of Topliss-reactive ketones (excluding diaryl/α,β-unsaturated/α-hetero) is 1. The summed E-state index contributed by atoms with van der Waals surface area (Å²) in [7, 11) is -3.15. The molecule has 2 fully saturated rings. The molecule has 1 amide bonds. The van der Waals surface area contributed by atoms with Crippen molar-refractivity contribution in [2.24, 2.45) is 5.92 Å². The van der Waals surface area contributed by atoms with Gasteiger partial charge in [-0.25, -0.2) is 8.42 Å². The van der Waals surface area contributed by atoms with E-state index in [1.165, 1.54) is 11.8 Å². The van der Waals surface area contributed by atoms with Gasteiger partial charge in [0.25, 0.3) is 5.91 Å². The van der Waals surface area contributed by atoms with Crippen LogP contribution in [-0.4, -0.2) is 56.9 Å². The zero-order chi connectivity index (χ0) is 24.3. The van der Waals surface area contributed by atoms with Crippen molar-refractivity contribution in [1.29, 1.82) is 0 Å². The summed E-state index contributed by atoms with van der Waals surface area (Å²) in [6, 6.07) is 15.3. The number of sulfone groups is 1. The molecule has 0 unspecified atom stereocenters. The minimum absolute atomic E-state index is 0.0897. The number of hydrogen-bond acceptors (Lipinski definition) is 5. The minimum Gasteiger partial charge on any atom is -0.345 e. The number of carbonyl (C=O) groups excluding carboxylic acids is 2. The van der Waals surface area contributed by atoms with E-state index in [-0.39, 0.29) is 18.2 Å². The summed E-state index contributed by atoms with van der Waals surface area (Å²) >= 11 is 0. The third-order valence-electron chi connectivity index (χ3n) is 7.22. The van der Waals surface area contributed by atoms with Gasteiger partial charge in [-0.2, -0.15) is 0 Å². The van der Waals surface area contributed by atoms with E-state index >= 15 is 0 Å². The molecule has 1 saturated carbocycles. The van der Waals surface area contributed by atoms with Crippen molar-refractivity contribution in [3.63, 3.8) is 0 Å². The van der Waals surface area contributed by atoms with Crippen molar-refractivity contribution in [2.75, 3.05) is 25.9 Å². The molecule has 6 nitrogen and oxygen atoms in total. The first-order chi connectivity index (χ1) is 16.2. The molecule has 1 N–H and O–H groups in total. The lowest BCUT2D eigenvalue weighted by Crippen LogP contribution is -2.53. The highest BCUT2D eigenvalue weighted by Crippen LogP contribution is 2.37. The molecule has 0 aromatic heterocycles. The second-order valence-electron chi connectivity index (χ2n) is 9.96. The molecule has 2 aromatic rings. The number of nitrogens with one attached hydrogen (secondary N) is 1. The summed E-state index contributed by atoms with van der Waals surface area (Å²) < 4.78 is 23.3. The molecule has 0 atom stereocenters. The Kier molecular flexibility index (Phi) is 7.53. The topological polar surface area (TPSA) is 83.6 Å². The fourth-order valence-corrected chi connectivity index (χ4v) is 5.89. The Morgan fingerprint density at radius 3 is 2.29 bits per heavy atom. The third-order valence-corrected chi connectivity index (χ3v) is 8.35. The van der Waals surface area contributed by atoms with Crippen LogP contribution in [0.5, 0.6) is 0 Å². The number of likely N-dealkylation sites (tertiary alicyclic amines) is 1. The first-order valence-electron chi connectivity index (χ1n) is 12.1. The van der Waals surface area contributed by atoms with Crippen molar-refractivity contribution >= 4 is 21.5 Å². The van der Waals surface area contributed by atoms with Crippen LogP contribution in [0.25, 0.3) is 0 Å². The van der Waals surface area contributed by atoms with Crippen LogP contribution in [0.2, 0.25) is 0 Å². The van der Waals surface area contributed by atoms with E-state index in [9.17, 15) is 18.0 Å². The van der Waals surface area contributed by atoms with Gasteiger partial charge in [-0.3, -0.25) is 14.5 Å². The van der Waals surface area contributed by atoms with Gasteiger partial charge in [0, 0.05) is 37.4 Å². The molecule has 1 saturated heterocycles. The molecule has 1 aliphatic carbocycles. The Morgan fingerprint density at radius 1 is 1.00 bits per heavy atom. The van der Waals surface area contributed by atoms with Crippen LogP contribution in [0.1, 0.15) is 59.5 Å². The number of aryl methyl sites for hydroxylation is 1. The number of amides is 1. The molecule has 4 rings (SSSR count). The maximum atomic E-state index is 12.3. The fourth-order valence-electron chi connectivity index (χ4n) is 5.26. The van der Waals surface area contributed by atoms with Gasteiger partial charge in [-0.15, -0.1) is 0 Å². The van der Waals surface area contributed by atoms with Crippen LogP contribution in [0.3, 0.4) is 0 Å². The molecule has 182 valence electrons. The van der Waals surface area contributed by atoms with Crippen LogP contribution in [0.15, 0.2) is 53.4 Å². The van der Waals surface area contributed by atoms with Gasteiger partial charge in [-0.1, -0.05) is 29.8 Å². The van der Waals surface area contributed by atoms with E-state index in [0.717, 1.165) is 44.3 Å². The van der Waals surface area contributed by atoms with Gasteiger partial charge in [0.1, 0.15) is 0 Å². The monoisotopic (exact) mass is 482 g/mol. The number of rotatable bonds is 8. The van der Waals surface area contributed by atoms with Crippen LogP contribution in [0.4, 0.5) is 0 Å². The van der Waals surface area contributed by atoms with Gasteiger partial charge >= 0.3 is 0 Å². The smallest absolute Gasteiger partial charge is 0.251 e. The van der Waals surface area contributed by atoms with Crippen LogP contribution in [0, 0.1) is 12.8 Å². The van der Waals surface area contributed by atoms with Gasteiger partial charge in [0.2, 0.25) is 0 Å². The van der Waals surface area contributed by atoms with Crippen molar-refractivity contribution in [1.82, 2.24) is 10.2 Å². The highest BCUT2D eigenvalue weighted by atomic mass is 32.2. The SMILES string of the molecule is Cc1cccc(C(=O)NCC(=O)CC2CN(C3CCC(c4ccc(S(C)(=O)=O)cc4)CC3)C2)c1. The normalized spacial score (nSPS) is 21.6. The first kappa shape index (κ1) is 24.6. The summed E-state index contributed by atoms with van der Waals surface area (Å²) in [5, 5.41) is 2.75. The molecule has 0 radical (unpaired) electrons. The Morgan fingerprint density at radius 2 is 1.68 bits per heavy atom. The molecule has 34 heavy (non-hydrogen) atoms. The second-order valence-corrected chi connectivity index (χ2v) is 12.0. The van der Waals surface area contributed by atoms with E-state index in [2.05, 4.69) is 10.2 Å². The van der Waals surface area contributed by atoms with Crippen LogP contribution < -0.4 is 5.32 Å². The molecule has 0 spiro atoms. The molecule has 2 aliphatic rings. The molecule has 1 heterocycles. The maximum absolute atomic E-state index is 12.3. The quantitative estimate of drug-likeness (QED) is 0.620. The standard InChI is InChI=1S/C27H34N2O4S/c1-19-4-3-5-23(14-19)27(31)28-16-25(30)15-20-17-29(18-20)24-10-6-21(7-11-24)22-8-12-26(13-9-22)34(2,32)33/h3-5,8-9,12-14,20-21,24H,6-7,10-11,15-18H2,1-2H3,(H,28,31). The molecule has 1 aliphatic heterocycles. The summed E-state index contributed by atoms with van der Waals surface area (Å²) in [6.45, 7) is 3.94. The summed E-state index contributed by atoms with van der Waals surface area (Å²) in [5.41, 5.74) is 2.84. The van der Waals surface area contributed by atoms with Crippen molar-refractivity contribution in [2.45, 2.75) is 55.9 Å². The zero-order valence-corrected chi connectivity index (χ0v) is 20.8. The average Bonchev–Trinajstić information content (AvgIpc) is 2.79. The largest absolute Gasteiger partial charge is 0.345 e. The Balaban J connectivity index is 1.16. The number of ketones is 1. The lowest BCUT2D eigenvalue weighted by atomic mass is 9.79. The Bertz CT molecular complexity index is 1130. The molecule has 0 bridgehead atoms. The predicted octanol–water partition coefficient (Wildman–Crippen LogP) is 3.75. The Labute approximate surface area is 202 Å². The summed E-state index contributed by atoms with van der Waals surface area (Å²) in [5.74, 6) is 0.757. The predicted molar refractivity (Wildman–Crippen MR) is 133 cm³/mol. The minimum atomic E-state index is -3.15. The molecule has 7 heteroatoms. The van der Waals surface area contributed by atoms with E-state index in [0.29, 0.717) is 34.8 Å². The zero-order valence-electron chi connectivity index (χ0n) is 20.0. The highest BCUT2D eigenvalue weighted by molar-refractivity contribution is 7.90. The van der Waals surface area contributed by atoms with Gasteiger partial charge in [0.15, 0.2) is 15.6 Å². The van der Waals surface area contributed by atoms with Crippen LogP contribution in [-0.2, 0) is 14.6 Å². The Hall–Kier alpha value is -2.51. The molecular formula is C27H34N2O4S. The third kappa shape index (κ3) is 6.13. The number of nitrogens with zero attached hydrogens (tertiary/aromatic N) is 1. The summed E-state index contributed by atoms with van der Waals surface area (Å²) in [4.78, 5) is 27.4. The fraction of sp³-hybridized carbons (Fsp3) is 0.481. The molecular weight excluding hydrogens is 448 g/mol.